The molecule has 0 bridgehead atoms. The van der Waals surface area contributed by atoms with Gasteiger partial charge in [-0.25, -0.2) is 9.67 Å². The van der Waals surface area contributed by atoms with Gasteiger partial charge in [0.15, 0.2) is 0 Å². The number of aliphatic hydroxyl groups excluding tert-OH is 1. The van der Waals surface area contributed by atoms with Crippen molar-refractivity contribution >= 4 is 0 Å². The minimum atomic E-state index is -0.114. The fourth-order valence-electron chi connectivity index (χ4n) is 1.44. The maximum atomic E-state index is 9.23. The van der Waals surface area contributed by atoms with Gasteiger partial charge in [0.05, 0.1) is 24.2 Å². The zero-order valence-electron chi connectivity index (χ0n) is 9.25. The van der Waals surface area contributed by atoms with E-state index in [0.29, 0.717) is 17.1 Å². The summed E-state index contributed by atoms with van der Waals surface area (Å²) in [6.07, 6.45) is 4.16. The Balaban J connectivity index is 2.49. The summed E-state index contributed by atoms with van der Waals surface area (Å²) >= 11 is 0. The number of aromatic nitrogens is 5. The third-order valence-corrected chi connectivity index (χ3v) is 2.38. The van der Waals surface area contributed by atoms with Gasteiger partial charge in [0.25, 0.3) is 0 Å². The molecule has 0 saturated carbocycles. The van der Waals surface area contributed by atoms with E-state index in [1.807, 2.05) is 6.92 Å². The van der Waals surface area contributed by atoms with Gasteiger partial charge >= 0.3 is 0 Å². The van der Waals surface area contributed by atoms with Gasteiger partial charge in [0.1, 0.15) is 11.4 Å². The Hall–Kier alpha value is -1.82. The van der Waals surface area contributed by atoms with Crippen LogP contribution < -0.4 is 0 Å². The fourth-order valence-corrected chi connectivity index (χ4v) is 1.44. The lowest BCUT2D eigenvalue weighted by Gasteiger charge is -2.01. The molecule has 0 atom stereocenters. The van der Waals surface area contributed by atoms with Crippen LogP contribution in [0.5, 0.6) is 0 Å². The SMILES string of the molecule is CCc1cncc(-c2nnn(C)c2CO)n1. The van der Waals surface area contributed by atoms with Gasteiger partial charge in [-0.15, -0.1) is 5.10 Å². The van der Waals surface area contributed by atoms with Gasteiger partial charge in [-0.1, -0.05) is 12.1 Å². The quantitative estimate of drug-likeness (QED) is 0.804. The topological polar surface area (TPSA) is 76.7 Å². The number of rotatable bonds is 3. The summed E-state index contributed by atoms with van der Waals surface area (Å²) in [6, 6.07) is 0. The lowest BCUT2D eigenvalue weighted by atomic mass is 10.2. The molecule has 0 amide bonds. The first kappa shape index (κ1) is 10.7. The van der Waals surface area contributed by atoms with Crippen LogP contribution in [0.25, 0.3) is 11.4 Å². The minimum absolute atomic E-state index is 0.114. The summed E-state index contributed by atoms with van der Waals surface area (Å²) in [7, 11) is 1.74. The Labute approximate surface area is 93.0 Å². The van der Waals surface area contributed by atoms with E-state index in [4.69, 9.17) is 0 Å². The highest BCUT2D eigenvalue weighted by atomic mass is 16.3. The Morgan fingerprint density at radius 3 is 2.88 bits per heavy atom. The molecule has 6 nitrogen and oxygen atoms in total. The first-order valence-corrected chi connectivity index (χ1v) is 5.07. The van der Waals surface area contributed by atoms with Gasteiger partial charge in [0.2, 0.25) is 0 Å². The Morgan fingerprint density at radius 2 is 2.19 bits per heavy atom. The highest BCUT2D eigenvalue weighted by Gasteiger charge is 2.13. The maximum absolute atomic E-state index is 9.23. The molecule has 2 rings (SSSR count). The summed E-state index contributed by atoms with van der Waals surface area (Å²) in [5, 5.41) is 17.1. The van der Waals surface area contributed by atoms with Crippen molar-refractivity contribution < 1.29 is 5.11 Å². The smallest absolute Gasteiger partial charge is 0.138 e. The molecule has 0 unspecified atom stereocenters. The summed E-state index contributed by atoms with van der Waals surface area (Å²) in [5.74, 6) is 0. The first-order valence-electron chi connectivity index (χ1n) is 5.07. The van der Waals surface area contributed by atoms with Crippen molar-refractivity contribution in [3.8, 4) is 11.4 Å². The second-order valence-electron chi connectivity index (χ2n) is 3.42. The third-order valence-electron chi connectivity index (χ3n) is 2.38. The normalized spacial score (nSPS) is 10.7. The van der Waals surface area contributed by atoms with Crippen LogP contribution >= 0.6 is 0 Å². The molecule has 0 spiro atoms. The largest absolute Gasteiger partial charge is 0.390 e. The lowest BCUT2D eigenvalue weighted by molar-refractivity contribution is 0.271. The second kappa shape index (κ2) is 4.36. The number of hydrogen-bond donors (Lipinski definition) is 1. The van der Waals surface area contributed by atoms with E-state index < -0.39 is 0 Å². The van der Waals surface area contributed by atoms with E-state index >= 15 is 0 Å². The van der Waals surface area contributed by atoms with Crippen molar-refractivity contribution in [3.63, 3.8) is 0 Å². The maximum Gasteiger partial charge on any atom is 0.138 e. The van der Waals surface area contributed by atoms with Gasteiger partial charge in [0, 0.05) is 13.2 Å². The van der Waals surface area contributed by atoms with Crippen LogP contribution in [0.3, 0.4) is 0 Å². The lowest BCUT2D eigenvalue weighted by Crippen LogP contribution is -2.00. The van der Waals surface area contributed by atoms with E-state index in [1.165, 1.54) is 4.68 Å². The molecule has 16 heavy (non-hydrogen) atoms. The van der Waals surface area contributed by atoms with Crippen LogP contribution in [-0.2, 0) is 20.1 Å². The number of nitrogens with zero attached hydrogens (tertiary/aromatic N) is 5. The van der Waals surface area contributed by atoms with E-state index in [0.717, 1.165) is 12.1 Å². The molecule has 0 aromatic carbocycles. The molecule has 0 aliphatic heterocycles. The number of aliphatic hydroxyl groups is 1. The van der Waals surface area contributed by atoms with Crippen molar-refractivity contribution in [1.82, 2.24) is 25.0 Å². The summed E-state index contributed by atoms with van der Waals surface area (Å²) < 4.78 is 1.54. The second-order valence-corrected chi connectivity index (χ2v) is 3.42. The van der Waals surface area contributed by atoms with Crippen molar-refractivity contribution in [2.24, 2.45) is 7.05 Å². The van der Waals surface area contributed by atoms with E-state index in [2.05, 4.69) is 20.3 Å². The Morgan fingerprint density at radius 1 is 1.38 bits per heavy atom. The zero-order chi connectivity index (χ0) is 11.5. The van der Waals surface area contributed by atoms with Crippen LogP contribution in [-0.4, -0.2) is 30.1 Å². The van der Waals surface area contributed by atoms with Gasteiger partial charge in [-0.3, -0.25) is 4.98 Å². The van der Waals surface area contributed by atoms with Crippen LogP contribution in [0.2, 0.25) is 0 Å². The molecule has 0 saturated heterocycles. The van der Waals surface area contributed by atoms with Crippen LogP contribution in [0, 0.1) is 0 Å². The molecule has 2 heterocycles. The molecule has 0 aliphatic carbocycles. The minimum Gasteiger partial charge on any atom is -0.390 e. The zero-order valence-corrected chi connectivity index (χ0v) is 9.25. The van der Waals surface area contributed by atoms with Crippen molar-refractivity contribution in [1.29, 1.82) is 0 Å². The predicted molar refractivity (Wildman–Crippen MR) is 57.3 cm³/mol. The van der Waals surface area contributed by atoms with Crippen LogP contribution in [0.15, 0.2) is 12.4 Å². The average Bonchev–Trinajstić information content (AvgIpc) is 2.70. The van der Waals surface area contributed by atoms with E-state index in [9.17, 15) is 5.11 Å². The average molecular weight is 219 g/mol. The highest BCUT2D eigenvalue weighted by Crippen LogP contribution is 2.17. The molecule has 0 fully saturated rings. The Bertz CT molecular complexity index is 494. The third kappa shape index (κ3) is 1.79. The molecule has 2 aromatic heterocycles. The molecule has 2 aromatic rings. The number of aryl methyl sites for hydroxylation is 2. The molecule has 1 N–H and O–H groups in total. The molecular formula is C10H13N5O. The molecular weight excluding hydrogens is 206 g/mol. The monoisotopic (exact) mass is 219 g/mol. The molecule has 0 radical (unpaired) electrons. The highest BCUT2D eigenvalue weighted by molar-refractivity contribution is 5.55. The summed E-state index contributed by atoms with van der Waals surface area (Å²) in [5.41, 5.74) is 2.78. The fraction of sp³-hybridized carbons (Fsp3) is 0.400. The van der Waals surface area contributed by atoms with E-state index in [1.54, 1.807) is 19.4 Å². The van der Waals surface area contributed by atoms with Crippen molar-refractivity contribution in [2.75, 3.05) is 0 Å². The van der Waals surface area contributed by atoms with E-state index in [-0.39, 0.29) is 6.61 Å². The summed E-state index contributed by atoms with van der Waals surface area (Å²) in [6.45, 7) is 1.90. The molecule has 84 valence electrons. The van der Waals surface area contributed by atoms with Gasteiger partial charge in [-0.05, 0) is 6.42 Å². The molecule has 6 heteroatoms. The van der Waals surface area contributed by atoms with Gasteiger partial charge < -0.3 is 5.11 Å². The Kier molecular flexibility index (Phi) is 2.91. The number of hydrogen-bond acceptors (Lipinski definition) is 5. The predicted octanol–water partition coefficient (Wildman–Crippen LogP) is 0.327. The first-order chi connectivity index (χ1) is 7.76. The molecule has 0 aliphatic rings. The van der Waals surface area contributed by atoms with Crippen LogP contribution in [0.4, 0.5) is 0 Å². The van der Waals surface area contributed by atoms with Crippen LogP contribution in [0.1, 0.15) is 18.3 Å². The van der Waals surface area contributed by atoms with Crippen molar-refractivity contribution in [2.45, 2.75) is 20.0 Å². The summed E-state index contributed by atoms with van der Waals surface area (Å²) in [4.78, 5) is 8.49. The van der Waals surface area contributed by atoms with Gasteiger partial charge in [-0.2, -0.15) is 0 Å². The standard InChI is InChI=1S/C10H13N5O/c1-3-7-4-11-5-8(12-7)10-9(6-16)15(2)14-13-10/h4-5,16H,3,6H2,1-2H3. The van der Waals surface area contributed by atoms with Crippen molar-refractivity contribution in [3.05, 3.63) is 23.8 Å².